The molecule has 0 saturated carbocycles. The van der Waals surface area contributed by atoms with Gasteiger partial charge in [-0.05, 0) is 16.3 Å². The van der Waals surface area contributed by atoms with Gasteiger partial charge < -0.3 is 5.32 Å². The summed E-state index contributed by atoms with van der Waals surface area (Å²) in [6.07, 6.45) is 0. The Labute approximate surface area is 102 Å². The Bertz CT molecular complexity index is 561. The first-order chi connectivity index (χ1) is 7.77. The molecule has 0 aliphatic carbocycles. The lowest BCUT2D eigenvalue weighted by Gasteiger charge is -2.33. The first kappa shape index (κ1) is 9.85. The van der Waals surface area contributed by atoms with Crippen LogP contribution in [0.5, 0.6) is 0 Å². The molecule has 16 heavy (non-hydrogen) atoms. The number of nitrogens with one attached hydrogen (secondary N) is 1. The fourth-order valence-electron chi connectivity index (χ4n) is 2.12. The van der Waals surface area contributed by atoms with Crippen molar-refractivity contribution in [3.63, 3.8) is 0 Å². The summed E-state index contributed by atoms with van der Waals surface area (Å²) in [5.41, 5.74) is 1.18. The molecule has 1 aliphatic rings. The molecule has 1 saturated heterocycles. The van der Waals surface area contributed by atoms with E-state index in [4.69, 9.17) is 0 Å². The molecule has 2 aromatic rings. The number of amides is 1. The normalized spacial score (nSPS) is 23.9. The average Bonchev–Trinajstić information content (AvgIpc) is 2.35. The van der Waals surface area contributed by atoms with Gasteiger partial charge in [0.1, 0.15) is 4.83 Å². The number of rotatable bonds is 1. The Kier molecular flexibility index (Phi) is 2.21. The van der Waals surface area contributed by atoms with Gasteiger partial charge in [-0.3, -0.25) is 4.79 Å². The third-order valence-corrected chi connectivity index (χ3v) is 3.94. The fourth-order valence-corrected chi connectivity index (χ4v) is 2.67. The summed E-state index contributed by atoms with van der Waals surface area (Å²) in [7, 11) is 0. The van der Waals surface area contributed by atoms with Crippen LogP contribution in [0, 0.1) is 0 Å². The van der Waals surface area contributed by atoms with Gasteiger partial charge in [0.25, 0.3) is 0 Å². The molecule has 2 unspecified atom stereocenters. The van der Waals surface area contributed by atoms with Crippen molar-refractivity contribution in [2.24, 2.45) is 0 Å². The number of halogens is 1. The van der Waals surface area contributed by atoms with E-state index in [-0.39, 0.29) is 16.8 Å². The predicted molar refractivity (Wildman–Crippen MR) is 67.5 cm³/mol. The molecule has 0 aromatic heterocycles. The highest BCUT2D eigenvalue weighted by Crippen LogP contribution is 2.34. The van der Waals surface area contributed by atoms with Crippen LogP contribution in [0.2, 0.25) is 0 Å². The van der Waals surface area contributed by atoms with Crippen LogP contribution in [-0.2, 0) is 4.79 Å². The number of fused-ring (bicyclic) bond motifs is 1. The van der Waals surface area contributed by atoms with Gasteiger partial charge in [-0.25, -0.2) is 0 Å². The zero-order chi connectivity index (χ0) is 11.1. The maximum absolute atomic E-state index is 11.2. The van der Waals surface area contributed by atoms with Gasteiger partial charge in [-0.15, -0.1) is 0 Å². The quantitative estimate of drug-likeness (QED) is 0.629. The van der Waals surface area contributed by atoms with E-state index in [0.717, 1.165) is 0 Å². The van der Waals surface area contributed by atoms with E-state index in [1.54, 1.807) is 0 Å². The van der Waals surface area contributed by atoms with Gasteiger partial charge in [0.15, 0.2) is 0 Å². The van der Waals surface area contributed by atoms with Crippen LogP contribution >= 0.6 is 15.9 Å². The van der Waals surface area contributed by atoms with Gasteiger partial charge in [-0.2, -0.15) is 0 Å². The molecular formula is C13H10BrNO. The van der Waals surface area contributed by atoms with E-state index in [0.29, 0.717) is 0 Å². The lowest BCUT2D eigenvalue weighted by molar-refractivity contribution is -0.127. The standard InChI is InChI=1S/C13H10BrNO/c14-11-12(15-13(11)16)10-7-3-5-8-4-1-2-6-9(8)10/h1-7,11-12H,(H,15,16). The van der Waals surface area contributed by atoms with E-state index >= 15 is 0 Å². The highest BCUT2D eigenvalue weighted by Gasteiger charge is 2.38. The molecule has 1 amide bonds. The number of hydrogen-bond acceptors (Lipinski definition) is 1. The number of hydrogen-bond donors (Lipinski definition) is 1. The van der Waals surface area contributed by atoms with Gasteiger partial charge in [-0.1, -0.05) is 58.4 Å². The molecule has 2 aromatic carbocycles. The van der Waals surface area contributed by atoms with Crippen LogP contribution in [0.4, 0.5) is 0 Å². The van der Waals surface area contributed by atoms with Crippen molar-refractivity contribution in [3.8, 4) is 0 Å². The average molecular weight is 276 g/mol. The topological polar surface area (TPSA) is 29.1 Å². The van der Waals surface area contributed by atoms with Crippen LogP contribution in [0.15, 0.2) is 42.5 Å². The highest BCUT2D eigenvalue weighted by atomic mass is 79.9. The Morgan fingerprint density at radius 1 is 1.06 bits per heavy atom. The Balaban J connectivity index is 2.14. The van der Waals surface area contributed by atoms with Crippen LogP contribution in [0.25, 0.3) is 10.8 Å². The van der Waals surface area contributed by atoms with Gasteiger partial charge in [0.05, 0.1) is 6.04 Å². The molecule has 3 heteroatoms. The third kappa shape index (κ3) is 1.35. The monoisotopic (exact) mass is 275 g/mol. The van der Waals surface area contributed by atoms with Crippen LogP contribution in [-0.4, -0.2) is 10.7 Å². The molecule has 0 spiro atoms. The first-order valence-electron chi connectivity index (χ1n) is 5.19. The molecule has 0 bridgehead atoms. The van der Waals surface area contributed by atoms with Crippen LogP contribution in [0.3, 0.4) is 0 Å². The predicted octanol–water partition coefficient (Wildman–Crippen LogP) is 2.77. The minimum atomic E-state index is -0.0988. The zero-order valence-corrected chi connectivity index (χ0v) is 10.1. The summed E-state index contributed by atoms with van der Waals surface area (Å²) >= 11 is 3.40. The van der Waals surface area contributed by atoms with E-state index in [1.807, 2.05) is 18.2 Å². The van der Waals surface area contributed by atoms with Crippen molar-refractivity contribution < 1.29 is 4.79 Å². The summed E-state index contributed by atoms with van der Waals surface area (Å²) < 4.78 is 0. The van der Waals surface area contributed by atoms with Crippen LogP contribution in [0.1, 0.15) is 11.6 Å². The molecule has 3 rings (SSSR count). The molecule has 2 nitrogen and oxygen atoms in total. The second-order valence-electron chi connectivity index (χ2n) is 3.96. The lowest BCUT2D eigenvalue weighted by Crippen LogP contribution is -2.52. The number of alkyl halides is 1. The van der Waals surface area contributed by atoms with E-state index in [1.165, 1.54) is 16.3 Å². The van der Waals surface area contributed by atoms with Gasteiger partial charge >= 0.3 is 0 Å². The summed E-state index contributed by atoms with van der Waals surface area (Å²) in [6.45, 7) is 0. The summed E-state index contributed by atoms with van der Waals surface area (Å²) in [5.74, 6) is 0.0675. The van der Waals surface area contributed by atoms with Crippen molar-refractivity contribution in [2.45, 2.75) is 10.9 Å². The minimum Gasteiger partial charge on any atom is -0.347 e. The Morgan fingerprint density at radius 3 is 2.56 bits per heavy atom. The van der Waals surface area contributed by atoms with Crippen molar-refractivity contribution >= 4 is 32.6 Å². The SMILES string of the molecule is O=C1NC(c2cccc3ccccc23)C1Br. The Hall–Kier alpha value is -1.35. The number of carbonyl (C=O) groups is 1. The summed E-state index contributed by atoms with van der Waals surface area (Å²) in [6, 6.07) is 14.5. The van der Waals surface area contributed by atoms with Crippen molar-refractivity contribution in [1.82, 2.24) is 5.32 Å². The minimum absolute atomic E-state index is 0.0675. The molecule has 1 heterocycles. The lowest BCUT2D eigenvalue weighted by atomic mass is 9.92. The molecule has 1 fully saturated rings. The van der Waals surface area contributed by atoms with E-state index in [2.05, 4.69) is 45.5 Å². The maximum atomic E-state index is 11.2. The van der Waals surface area contributed by atoms with Crippen LogP contribution < -0.4 is 5.32 Å². The highest BCUT2D eigenvalue weighted by molar-refractivity contribution is 9.10. The zero-order valence-electron chi connectivity index (χ0n) is 8.48. The fraction of sp³-hybridized carbons (Fsp3) is 0.154. The maximum Gasteiger partial charge on any atom is 0.236 e. The number of benzene rings is 2. The number of carbonyl (C=O) groups excluding carboxylic acids is 1. The molecule has 80 valence electrons. The summed E-state index contributed by atoms with van der Waals surface area (Å²) in [4.78, 5) is 11.1. The Morgan fingerprint density at radius 2 is 1.81 bits per heavy atom. The second-order valence-corrected chi connectivity index (χ2v) is 4.94. The molecule has 0 radical (unpaired) electrons. The molecular weight excluding hydrogens is 266 g/mol. The summed E-state index contributed by atoms with van der Waals surface area (Å²) in [5, 5.41) is 5.33. The van der Waals surface area contributed by atoms with Crippen molar-refractivity contribution in [3.05, 3.63) is 48.0 Å². The first-order valence-corrected chi connectivity index (χ1v) is 6.11. The molecule has 1 aliphatic heterocycles. The van der Waals surface area contributed by atoms with Crippen molar-refractivity contribution in [1.29, 1.82) is 0 Å². The van der Waals surface area contributed by atoms with E-state index in [9.17, 15) is 4.79 Å². The van der Waals surface area contributed by atoms with Gasteiger partial charge in [0.2, 0.25) is 5.91 Å². The second kappa shape index (κ2) is 3.59. The van der Waals surface area contributed by atoms with Gasteiger partial charge in [0, 0.05) is 0 Å². The van der Waals surface area contributed by atoms with Crippen molar-refractivity contribution in [2.75, 3.05) is 0 Å². The third-order valence-electron chi connectivity index (χ3n) is 3.00. The number of β-lactam (4-membered cyclic amide) rings is 1. The van der Waals surface area contributed by atoms with E-state index < -0.39 is 0 Å². The molecule has 2 atom stereocenters. The largest absolute Gasteiger partial charge is 0.347 e. The molecule has 1 N–H and O–H groups in total. The smallest absolute Gasteiger partial charge is 0.236 e.